The third kappa shape index (κ3) is 5.11. The average Bonchev–Trinajstić information content (AvgIpc) is 3.22. The van der Waals surface area contributed by atoms with Crippen molar-refractivity contribution in [1.29, 1.82) is 0 Å². The van der Waals surface area contributed by atoms with Crippen molar-refractivity contribution in [3.8, 4) is 0 Å². The number of nitrogens with zero attached hydrogens (tertiary/aromatic N) is 2. The Morgan fingerprint density at radius 1 is 0.769 bits per heavy atom. The van der Waals surface area contributed by atoms with Crippen molar-refractivity contribution < 1.29 is 14.4 Å². The van der Waals surface area contributed by atoms with E-state index in [0.29, 0.717) is 13.1 Å². The van der Waals surface area contributed by atoms with Crippen LogP contribution in [0.3, 0.4) is 0 Å². The molecule has 2 N–H and O–H groups in total. The van der Waals surface area contributed by atoms with Crippen LogP contribution < -0.4 is 10.6 Å². The van der Waals surface area contributed by atoms with Crippen LogP contribution in [0.25, 0.3) is 0 Å². The Bertz CT molecular complexity index is 505. The number of urea groups is 1. The maximum absolute atomic E-state index is 12.3. The Hall–Kier alpha value is -1.79. The minimum Gasteiger partial charge on any atom is -0.353 e. The fraction of sp³-hybridized carbons (Fsp3) is 0.842. The van der Waals surface area contributed by atoms with Crippen LogP contribution in [-0.2, 0) is 9.59 Å². The van der Waals surface area contributed by atoms with E-state index < -0.39 is 0 Å². The van der Waals surface area contributed by atoms with Crippen LogP contribution in [0.2, 0.25) is 0 Å². The molecule has 3 aliphatic rings. The van der Waals surface area contributed by atoms with E-state index in [9.17, 15) is 14.4 Å². The van der Waals surface area contributed by atoms with Gasteiger partial charge >= 0.3 is 6.03 Å². The van der Waals surface area contributed by atoms with Crippen molar-refractivity contribution in [2.75, 3.05) is 32.7 Å². The molecule has 0 atom stereocenters. The number of piperidine rings is 1. The number of rotatable bonds is 4. The minimum atomic E-state index is -0.172. The van der Waals surface area contributed by atoms with Crippen molar-refractivity contribution in [2.24, 2.45) is 5.92 Å². The van der Waals surface area contributed by atoms with Crippen molar-refractivity contribution in [3.63, 3.8) is 0 Å². The molecule has 0 radical (unpaired) electrons. The third-order valence-corrected chi connectivity index (χ3v) is 5.95. The molecule has 26 heavy (non-hydrogen) atoms. The molecule has 3 rings (SSSR count). The monoisotopic (exact) mass is 364 g/mol. The van der Waals surface area contributed by atoms with Gasteiger partial charge in [0.1, 0.15) is 0 Å². The summed E-state index contributed by atoms with van der Waals surface area (Å²) in [6.45, 7) is 2.94. The van der Waals surface area contributed by atoms with Gasteiger partial charge in [0.05, 0.1) is 6.54 Å². The number of likely N-dealkylation sites (tertiary alicyclic amines) is 2. The van der Waals surface area contributed by atoms with E-state index in [2.05, 4.69) is 10.6 Å². The SMILES string of the molecule is O=C(NC1CCN(C(=O)NCC(=O)N2CCCC2)CC1)C1CCCCC1. The Morgan fingerprint density at radius 3 is 2.08 bits per heavy atom. The van der Waals surface area contributed by atoms with E-state index >= 15 is 0 Å². The van der Waals surface area contributed by atoms with E-state index in [1.807, 2.05) is 4.90 Å². The first-order valence-corrected chi connectivity index (χ1v) is 10.2. The Labute approximate surface area is 155 Å². The summed E-state index contributed by atoms with van der Waals surface area (Å²) in [6, 6.07) is -0.00527. The zero-order valence-corrected chi connectivity index (χ0v) is 15.7. The lowest BCUT2D eigenvalue weighted by atomic mass is 9.88. The summed E-state index contributed by atoms with van der Waals surface area (Å²) in [7, 11) is 0. The van der Waals surface area contributed by atoms with E-state index in [-0.39, 0.29) is 36.3 Å². The van der Waals surface area contributed by atoms with Crippen molar-refractivity contribution in [1.82, 2.24) is 20.4 Å². The Kier molecular flexibility index (Phi) is 6.74. The van der Waals surface area contributed by atoms with Crippen LogP contribution in [0.1, 0.15) is 57.8 Å². The lowest BCUT2D eigenvalue weighted by Crippen LogP contribution is -2.51. The molecule has 1 saturated carbocycles. The molecular weight excluding hydrogens is 332 g/mol. The summed E-state index contributed by atoms with van der Waals surface area (Å²) in [5.74, 6) is 0.385. The van der Waals surface area contributed by atoms with E-state index in [4.69, 9.17) is 0 Å². The van der Waals surface area contributed by atoms with Gasteiger partial charge in [-0.2, -0.15) is 0 Å². The second-order valence-corrected chi connectivity index (χ2v) is 7.85. The molecule has 0 aromatic rings. The number of amides is 4. The smallest absolute Gasteiger partial charge is 0.317 e. The molecule has 146 valence electrons. The number of carbonyl (C=O) groups excluding carboxylic acids is 3. The van der Waals surface area contributed by atoms with Gasteiger partial charge in [-0.25, -0.2) is 4.79 Å². The lowest BCUT2D eigenvalue weighted by Gasteiger charge is -2.33. The summed E-state index contributed by atoms with van der Waals surface area (Å²) < 4.78 is 0. The molecule has 0 unspecified atom stereocenters. The van der Waals surface area contributed by atoms with Gasteiger partial charge in [-0.15, -0.1) is 0 Å². The molecule has 0 bridgehead atoms. The second-order valence-electron chi connectivity index (χ2n) is 7.85. The van der Waals surface area contributed by atoms with Gasteiger partial charge in [-0.1, -0.05) is 19.3 Å². The highest BCUT2D eigenvalue weighted by Crippen LogP contribution is 2.24. The van der Waals surface area contributed by atoms with Gasteiger partial charge in [0.25, 0.3) is 0 Å². The number of hydrogen-bond acceptors (Lipinski definition) is 3. The molecule has 1 aliphatic carbocycles. The highest BCUT2D eigenvalue weighted by molar-refractivity contribution is 5.84. The largest absolute Gasteiger partial charge is 0.353 e. The zero-order chi connectivity index (χ0) is 18.4. The van der Waals surface area contributed by atoms with Gasteiger partial charge < -0.3 is 20.4 Å². The predicted octanol–water partition coefficient (Wildman–Crippen LogP) is 1.48. The molecule has 7 heteroatoms. The predicted molar refractivity (Wildman–Crippen MR) is 98.5 cm³/mol. The first-order chi connectivity index (χ1) is 12.6. The molecule has 2 saturated heterocycles. The molecule has 2 heterocycles. The Balaban J connectivity index is 1.34. The first-order valence-electron chi connectivity index (χ1n) is 10.2. The van der Waals surface area contributed by atoms with Gasteiger partial charge in [0.15, 0.2) is 0 Å². The fourth-order valence-electron chi connectivity index (χ4n) is 4.25. The summed E-state index contributed by atoms with van der Waals surface area (Å²) in [6.07, 6.45) is 9.27. The molecule has 7 nitrogen and oxygen atoms in total. The van der Waals surface area contributed by atoms with Crippen LogP contribution in [0.5, 0.6) is 0 Å². The molecule has 0 aromatic carbocycles. The second kappa shape index (κ2) is 9.24. The molecule has 4 amide bonds. The molecule has 0 aromatic heterocycles. The lowest BCUT2D eigenvalue weighted by molar-refractivity contribution is -0.129. The number of hydrogen-bond donors (Lipinski definition) is 2. The van der Waals surface area contributed by atoms with Crippen molar-refractivity contribution in [2.45, 2.75) is 63.8 Å². The first kappa shape index (κ1) is 19.0. The van der Waals surface area contributed by atoms with Crippen LogP contribution >= 0.6 is 0 Å². The van der Waals surface area contributed by atoms with Gasteiger partial charge in [-0.3, -0.25) is 9.59 Å². The highest BCUT2D eigenvalue weighted by Gasteiger charge is 2.27. The van der Waals surface area contributed by atoms with Crippen molar-refractivity contribution >= 4 is 17.8 Å². The molecular formula is C19H32N4O3. The van der Waals surface area contributed by atoms with Crippen molar-refractivity contribution in [3.05, 3.63) is 0 Å². The highest BCUT2D eigenvalue weighted by atomic mass is 16.2. The fourth-order valence-corrected chi connectivity index (χ4v) is 4.25. The molecule has 0 spiro atoms. The molecule has 2 aliphatic heterocycles. The normalized spacial score (nSPS) is 22.3. The Morgan fingerprint density at radius 2 is 1.42 bits per heavy atom. The third-order valence-electron chi connectivity index (χ3n) is 5.95. The van der Waals surface area contributed by atoms with Gasteiger partial charge in [-0.05, 0) is 38.5 Å². The minimum absolute atomic E-state index is 0.00508. The average molecular weight is 364 g/mol. The number of carbonyl (C=O) groups is 3. The summed E-state index contributed by atoms with van der Waals surface area (Å²) in [4.78, 5) is 40.2. The van der Waals surface area contributed by atoms with E-state index in [1.165, 1.54) is 6.42 Å². The van der Waals surface area contributed by atoms with Crippen LogP contribution in [0, 0.1) is 5.92 Å². The summed E-state index contributed by atoms with van der Waals surface area (Å²) in [5, 5.41) is 5.92. The summed E-state index contributed by atoms with van der Waals surface area (Å²) >= 11 is 0. The van der Waals surface area contributed by atoms with Gasteiger partial charge in [0.2, 0.25) is 11.8 Å². The van der Waals surface area contributed by atoms with E-state index in [0.717, 1.165) is 64.5 Å². The zero-order valence-electron chi connectivity index (χ0n) is 15.7. The quantitative estimate of drug-likeness (QED) is 0.793. The van der Waals surface area contributed by atoms with Gasteiger partial charge in [0, 0.05) is 38.1 Å². The summed E-state index contributed by atoms with van der Waals surface area (Å²) in [5.41, 5.74) is 0. The maximum Gasteiger partial charge on any atom is 0.317 e. The number of nitrogens with one attached hydrogen (secondary N) is 2. The standard InChI is InChI=1S/C19H32N4O3/c24-17(22-10-4-5-11-22)14-20-19(26)23-12-8-16(9-13-23)21-18(25)15-6-2-1-3-7-15/h15-16H,1-14H2,(H,20,26)(H,21,25). The maximum atomic E-state index is 12.3. The molecule has 3 fully saturated rings. The van der Waals surface area contributed by atoms with Crippen LogP contribution in [-0.4, -0.2) is 66.4 Å². The topological polar surface area (TPSA) is 81.8 Å². The van der Waals surface area contributed by atoms with Crippen LogP contribution in [0.15, 0.2) is 0 Å². The van der Waals surface area contributed by atoms with Crippen LogP contribution in [0.4, 0.5) is 4.79 Å². The van der Waals surface area contributed by atoms with E-state index in [1.54, 1.807) is 4.90 Å².